The summed E-state index contributed by atoms with van der Waals surface area (Å²) in [5.41, 5.74) is -0.272. The van der Waals surface area contributed by atoms with Crippen molar-refractivity contribution in [3.05, 3.63) is 71.8 Å². The molecule has 7 nitrogen and oxygen atoms in total. The SMILES string of the molecule is FC(F)(F)c1ccc(Cl)c(Nc2nnc(-c3ccc(Oc4cncnc4)cc3)o2)c1. The first kappa shape index (κ1) is 19.6. The maximum absolute atomic E-state index is 12.9. The Bertz CT molecular complexity index is 1150. The van der Waals surface area contributed by atoms with Crippen molar-refractivity contribution in [3.8, 4) is 23.0 Å². The van der Waals surface area contributed by atoms with E-state index in [0.29, 0.717) is 17.1 Å². The van der Waals surface area contributed by atoms with Gasteiger partial charge in [-0.05, 0) is 42.5 Å². The lowest BCUT2D eigenvalue weighted by Crippen LogP contribution is -2.05. The Morgan fingerprint density at radius 2 is 1.67 bits per heavy atom. The molecule has 2 aromatic heterocycles. The van der Waals surface area contributed by atoms with E-state index in [9.17, 15) is 13.2 Å². The van der Waals surface area contributed by atoms with Gasteiger partial charge in [0.05, 0.1) is 28.7 Å². The van der Waals surface area contributed by atoms with E-state index in [-0.39, 0.29) is 22.6 Å². The fourth-order valence-electron chi connectivity index (χ4n) is 2.44. The first-order valence-corrected chi connectivity index (χ1v) is 8.77. The van der Waals surface area contributed by atoms with Gasteiger partial charge in [-0.3, -0.25) is 0 Å². The Kier molecular flexibility index (Phi) is 5.23. The predicted molar refractivity (Wildman–Crippen MR) is 102 cm³/mol. The van der Waals surface area contributed by atoms with Gasteiger partial charge in [0.25, 0.3) is 0 Å². The van der Waals surface area contributed by atoms with Gasteiger partial charge < -0.3 is 14.5 Å². The zero-order valence-electron chi connectivity index (χ0n) is 14.9. The number of anilines is 2. The average Bonchev–Trinajstić information content (AvgIpc) is 3.19. The maximum atomic E-state index is 12.9. The third kappa shape index (κ3) is 4.49. The molecule has 0 saturated heterocycles. The van der Waals surface area contributed by atoms with E-state index in [0.717, 1.165) is 18.2 Å². The van der Waals surface area contributed by atoms with Gasteiger partial charge in [0, 0.05) is 5.56 Å². The number of nitrogens with one attached hydrogen (secondary N) is 1. The molecule has 2 heterocycles. The number of nitrogens with zero attached hydrogens (tertiary/aromatic N) is 4. The number of benzene rings is 2. The van der Waals surface area contributed by atoms with Crippen molar-refractivity contribution in [3.63, 3.8) is 0 Å². The molecule has 1 N–H and O–H groups in total. The Balaban J connectivity index is 1.49. The Morgan fingerprint density at radius 1 is 0.933 bits per heavy atom. The molecule has 2 aromatic carbocycles. The molecule has 0 unspecified atom stereocenters. The smallest absolute Gasteiger partial charge is 0.416 e. The highest BCUT2D eigenvalue weighted by Crippen LogP contribution is 2.35. The van der Waals surface area contributed by atoms with Crippen LogP contribution >= 0.6 is 11.6 Å². The molecule has 30 heavy (non-hydrogen) atoms. The molecule has 4 rings (SSSR count). The molecule has 0 bridgehead atoms. The lowest BCUT2D eigenvalue weighted by molar-refractivity contribution is -0.137. The monoisotopic (exact) mass is 433 g/mol. The molecule has 0 spiro atoms. The Morgan fingerprint density at radius 3 is 2.37 bits per heavy atom. The highest BCUT2D eigenvalue weighted by atomic mass is 35.5. The van der Waals surface area contributed by atoms with Crippen molar-refractivity contribution in [2.45, 2.75) is 6.18 Å². The van der Waals surface area contributed by atoms with Gasteiger partial charge in [0.1, 0.15) is 12.1 Å². The number of halogens is 4. The number of ether oxygens (including phenoxy) is 1. The molecule has 0 aliphatic rings. The fraction of sp³-hybridized carbons (Fsp3) is 0.0526. The molecule has 0 amide bonds. The topological polar surface area (TPSA) is 86.0 Å². The van der Waals surface area contributed by atoms with Gasteiger partial charge in [-0.2, -0.15) is 13.2 Å². The zero-order valence-corrected chi connectivity index (χ0v) is 15.6. The van der Waals surface area contributed by atoms with Crippen LogP contribution in [0.4, 0.5) is 24.9 Å². The molecule has 0 aliphatic heterocycles. The molecule has 0 fully saturated rings. The van der Waals surface area contributed by atoms with Gasteiger partial charge in [-0.1, -0.05) is 16.7 Å². The summed E-state index contributed by atoms with van der Waals surface area (Å²) in [4.78, 5) is 7.72. The molecule has 4 aromatic rings. The van der Waals surface area contributed by atoms with E-state index >= 15 is 0 Å². The molecule has 0 aliphatic carbocycles. The van der Waals surface area contributed by atoms with Crippen molar-refractivity contribution in [1.82, 2.24) is 20.2 Å². The fourth-order valence-corrected chi connectivity index (χ4v) is 2.61. The number of aromatic nitrogens is 4. The summed E-state index contributed by atoms with van der Waals surface area (Å²) in [5.74, 6) is 1.19. The summed E-state index contributed by atoms with van der Waals surface area (Å²) in [6, 6.07) is 9.53. The molecule has 0 radical (unpaired) electrons. The zero-order chi connectivity index (χ0) is 21.1. The van der Waals surface area contributed by atoms with E-state index in [1.165, 1.54) is 18.7 Å². The van der Waals surface area contributed by atoms with Gasteiger partial charge >= 0.3 is 12.2 Å². The summed E-state index contributed by atoms with van der Waals surface area (Å²) < 4.78 is 49.8. The van der Waals surface area contributed by atoms with Crippen LogP contribution in [-0.4, -0.2) is 20.2 Å². The van der Waals surface area contributed by atoms with Crippen molar-refractivity contribution >= 4 is 23.3 Å². The standard InChI is InChI=1S/C19H11ClF3N5O2/c20-15-6-3-12(19(21,22)23)7-16(15)26-18-28-27-17(30-18)11-1-4-13(5-2-11)29-14-8-24-10-25-9-14/h1-10H,(H,26,28). The molecule has 0 saturated carbocycles. The minimum Gasteiger partial charge on any atom is -0.454 e. The predicted octanol–water partition coefficient (Wildman–Crippen LogP) is 5.73. The third-order valence-electron chi connectivity index (χ3n) is 3.83. The summed E-state index contributed by atoms with van der Waals surface area (Å²) >= 11 is 5.96. The summed E-state index contributed by atoms with van der Waals surface area (Å²) in [6.45, 7) is 0. The van der Waals surface area contributed by atoms with E-state index in [1.54, 1.807) is 24.3 Å². The van der Waals surface area contributed by atoms with Crippen LogP contribution < -0.4 is 10.1 Å². The lowest BCUT2D eigenvalue weighted by atomic mass is 10.2. The quantitative estimate of drug-likeness (QED) is 0.429. The minimum atomic E-state index is -4.50. The second-order valence-electron chi connectivity index (χ2n) is 5.93. The third-order valence-corrected chi connectivity index (χ3v) is 4.16. The molecule has 152 valence electrons. The van der Waals surface area contributed by atoms with E-state index in [2.05, 4.69) is 25.5 Å². The van der Waals surface area contributed by atoms with Crippen LogP contribution in [-0.2, 0) is 6.18 Å². The second-order valence-corrected chi connectivity index (χ2v) is 6.34. The van der Waals surface area contributed by atoms with Crippen molar-refractivity contribution in [1.29, 1.82) is 0 Å². The van der Waals surface area contributed by atoms with Crippen molar-refractivity contribution in [2.75, 3.05) is 5.32 Å². The number of hydrogen-bond donors (Lipinski definition) is 1. The van der Waals surface area contributed by atoms with Crippen LogP contribution in [0.1, 0.15) is 5.56 Å². The van der Waals surface area contributed by atoms with Crippen LogP contribution in [0, 0.1) is 0 Å². The molecular weight excluding hydrogens is 423 g/mol. The van der Waals surface area contributed by atoms with Crippen LogP contribution in [0.25, 0.3) is 11.5 Å². The Labute approximate surface area is 172 Å². The largest absolute Gasteiger partial charge is 0.454 e. The molecular formula is C19H11ClF3N5O2. The van der Waals surface area contributed by atoms with Crippen molar-refractivity contribution < 1.29 is 22.3 Å². The minimum absolute atomic E-state index is 0.00415. The van der Waals surface area contributed by atoms with Crippen LogP contribution in [0.5, 0.6) is 11.5 Å². The molecule has 11 heteroatoms. The molecule has 0 atom stereocenters. The number of alkyl halides is 3. The highest BCUT2D eigenvalue weighted by molar-refractivity contribution is 6.33. The van der Waals surface area contributed by atoms with Gasteiger partial charge in [0.2, 0.25) is 5.89 Å². The average molecular weight is 434 g/mol. The summed E-state index contributed by atoms with van der Waals surface area (Å²) in [7, 11) is 0. The second kappa shape index (κ2) is 7.99. The van der Waals surface area contributed by atoms with Crippen molar-refractivity contribution in [2.24, 2.45) is 0 Å². The van der Waals surface area contributed by atoms with E-state index < -0.39 is 11.7 Å². The van der Waals surface area contributed by atoms with Crippen LogP contribution in [0.15, 0.2) is 65.6 Å². The van der Waals surface area contributed by atoms with Crippen LogP contribution in [0.2, 0.25) is 5.02 Å². The van der Waals surface area contributed by atoms with Gasteiger partial charge in [0.15, 0.2) is 5.75 Å². The highest BCUT2D eigenvalue weighted by Gasteiger charge is 2.31. The first-order chi connectivity index (χ1) is 14.4. The Hall–Kier alpha value is -3.66. The number of rotatable bonds is 5. The number of hydrogen-bond acceptors (Lipinski definition) is 7. The van der Waals surface area contributed by atoms with Gasteiger partial charge in [-0.25, -0.2) is 9.97 Å². The summed E-state index contributed by atoms with van der Waals surface area (Å²) in [6.07, 6.45) is -0.0635. The summed E-state index contributed by atoms with van der Waals surface area (Å²) in [5, 5.41) is 10.4. The van der Waals surface area contributed by atoms with E-state index in [4.69, 9.17) is 20.8 Å². The van der Waals surface area contributed by atoms with E-state index in [1.807, 2.05) is 0 Å². The normalized spacial score (nSPS) is 11.3. The first-order valence-electron chi connectivity index (χ1n) is 8.39. The lowest BCUT2D eigenvalue weighted by Gasteiger charge is -2.10. The van der Waals surface area contributed by atoms with Crippen LogP contribution in [0.3, 0.4) is 0 Å². The maximum Gasteiger partial charge on any atom is 0.416 e. The van der Waals surface area contributed by atoms with Gasteiger partial charge in [-0.15, -0.1) is 5.10 Å².